The summed E-state index contributed by atoms with van der Waals surface area (Å²) in [6, 6.07) is 16.7. The van der Waals surface area contributed by atoms with E-state index < -0.39 is 34.5 Å². The summed E-state index contributed by atoms with van der Waals surface area (Å²) in [6.07, 6.45) is 0. The molecule has 1 nitrogen and oxygen atoms in total. The largest absolute Gasteiger partial charge is 0.497 e. The van der Waals surface area contributed by atoms with Crippen LogP contribution in [0, 0.1) is 13.8 Å². The lowest BCUT2D eigenvalue weighted by atomic mass is 9.90. The fourth-order valence-corrected chi connectivity index (χ4v) is 8.96. The fourth-order valence-electron chi connectivity index (χ4n) is 4.95. The van der Waals surface area contributed by atoms with Gasteiger partial charge in [0.25, 0.3) is 0 Å². The fraction of sp³-hybridized carbons (Fsp3) is 0.200. The first kappa shape index (κ1) is 29.3. The number of halogens is 6. The van der Waals surface area contributed by atoms with Gasteiger partial charge in [0, 0.05) is 45.3 Å². The smallest absolute Gasteiger partial charge is 0.380 e. The maximum Gasteiger partial charge on any atom is 0.380 e. The zero-order valence-corrected chi connectivity index (χ0v) is 25.4. The molecule has 0 amide bonds. The van der Waals surface area contributed by atoms with E-state index in [0.717, 1.165) is 37.3 Å². The number of thiophene rings is 4. The van der Waals surface area contributed by atoms with E-state index >= 15 is 17.6 Å². The van der Waals surface area contributed by atoms with E-state index in [-0.39, 0.29) is 15.2 Å². The number of methoxy groups -OCH3 is 1. The molecule has 0 saturated carbocycles. The summed E-state index contributed by atoms with van der Waals surface area (Å²) in [4.78, 5) is 4.93. The van der Waals surface area contributed by atoms with Crippen molar-refractivity contribution in [2.45, 2.75) is 31.6 Å². The van der Waals surface area contributed by atoms with Gasteiger partial charge in [0.1, 0.15) is 13.6 Å². The Morgan fingerprint density at radius 1 is 0.619 bits per heavy atom. The zero-order valence-electron chi connectivity index (χ0n) is 22.2. The maximum atomic E-state index is 15.5. The number of ether oxygens (including phenoxy) is 1. The maximum absolute atomic E-state index is 15.5. The molecule has 214 valence electrons. The summed E-state index contributed by atoms with van der Waals surface area (Å²) in [6.45, 7) is 3.45. The Balaban J connectivity index is 1.51. The highest BCUT2D eigenvalue weighted by molar-refractivity contribution is 7.26. The number of aryl methyl sites for hydroxylation is 2. The van der Waals surface area contributed by atoms with Crippen molar-refractivity contribution in [3.05, 3.63) is 81.5 Å². The number of alkyl halides is 6. The first-order valence-corrected chi connectivity index (χ1v) is 15.7. The van der Waals surface area contributed by atoms with E-state index in [1.54, 1.807) is 35.6 Å². The third-order valence-electron chi connectivity index (χ3n) is 7.09. The van der Waals surface area contributed by atoms with Crippen molar-refractivity contribution in [3.8, 4) is 35.7 Å². The third-order valence-corrected chi connectivity index (χ3v) is 11.6. The first-order valence-electron chi connectivity index (χ1n) is 12.5. The van der Waals surface area contributed by atoms with Gasteiger partial charge in [0.2, 0.25) is 0 Å². The highest BCUT2D eigenvalue weighted by Gasteiger charge is 2.80. The van der Waals surface area contributed by atoms with Gasteiger partial charge < -0.3 is 4.74 Å². The zero-order chi connectivity index (χ0) is 30.2. The molecule has 1 aliphatic rings. The normalized spacial score (nSPS) is 17.3. The van der Waals surface area contributed by atoms with Crippen molar-refractivity contribution in [3.63, 3.8) is 0 Å². The van der Waals surface area contributed by atoms with E-state index in [0.29, 0.717) is 25.9 Å². The van der Waals surface area contributed by atoms with Crippen molar-refractivity contribution < 1.29 is 31.1 Å². The van der Waals surface area contributed by atoms with Gasteiger partial charge in [-0.1, -0.05) is 0 Å². The van der Waals surface area contributed by atoms with Crippen LogP contribution in [0.1, 0.15) is 20.9 Å². The molecule has 0 atom stereocenters. The van der Waals surface area contributed by atoms with Gasteiger partial charge >= 0.3 is 17.8 Å². The number of rotatable bonds is 6. The Bertz CT molecular complexity index is 1840. The quantitative estimate of drug-likeness (QED) is 0.132. The van der Waals surface area contributed by atoms with Crippen LogP contribution in [-0.4, -0.2) is 32.7 Å². The number of hydrogen-bond acceptors (Lipinski definition) is 5. The highest BCUT2D eigenvalue weighted by atomic mass is 32.1. The van der Waals surface area contributed by atoms with Gasteiger partial charge in [-0.15, -0.1) is 34.0 Å². The van der Waals surface area contributed by atoms with Crippen LogP contribution in [0.15, 0.2) is 60.7 Å². The van der Waals surface area contributed by atoms with Crippen LogP contribution in [0.3, 0.4) is 0 Å². The molecular formula is C30H19BF6OS4. The van der Waals surface area contributed by atoms with Crippen LogP contribution in [0.2, 0.25) is 0 Å². The van der Waals surface area contributed by atoms with E-state index in [1.807, 2.05) is 31.2 Å². The van der Waals surface area contributed by atoms with Gasteiger partial charge in [-0.2, -0.15) is 37.7 Å². The first-order chi connectivity index (χ1) is 19.8. The van der Waals surface area contributed by atoms with Crippen LogP contribution in [-0.2, 0) is 0 Å². The predicted octanol–water partition coefficient (Wildman–Crippen LogP) is 10.2. The van der Waals surface area contributed by atoms with Crippen LogP contribution in [0.25, 0.3) is 41.1 Å². The summed E-state index contributed by atoms with van der Waals surface area (Å²) >= 11 is 4.97. The second-order valence-electron chi connectivity index (χ2n) is 9.74. The molecule has 0 aliphatic heterocycles. The van der Waals surface area contributed by atoms with Crippen molar-refractivity contribution in [2.75, 3.05) is 7.11 Å². The molecule has 0 spiro atoms. The van der Waals surface area contributed by atoms with Crippen LogP contribution >= 0.6 is 45.3 Å². The molecule has 2 radical (unpaired) electrons. The average molecular weight is 649 g/mol. The van der Waals surface area contributed by atoms with Gasteiger partial charge in [-0.05, 0) is 96.0 Å². The number of allylic oxidation sites excluding steroid dienone is 2. The molecule has 1 aromatic carbocycles. The Labute approximate surface area is 255 Å². The summed E-state index contributed by atoms with van der Waals surface area (Å²) in [5, 5.41) is 0. The number of hydrogen-bond donors (Lipinski definition) is 0. The molecule has 4 aromatic heterocycles. The molecule has 4 heterocycles. The lowest BCUT2D eigenvalue weighted by molar-refractivity contribution is -0.254. The molecule has 5 aromatic rings. The molecular weight excluding hydrogens is 629 g/mol. The van der Waals surface area contributed by atoms with Gasteiger partial charge in [-0.3, -0.25) is 0 Å². The van der Waals surface area contributed by atoms with Gasteiger partial charge in [-0.25, -0.2) is 0 Å². The van der Waals surface area contributed by atoms with Crippen molar-refractivity contribution >= 4 is 69.1 Å². The number of benzene rings is 1. The minimum Gasteiger partial charge on any atom is -0.497 e. The Morgan fingerprint density at radius 2 is 1.17 bits per heavy atom. The summed E-state index contributed by atoms with van der Waals surface area (Å²) in [5.74, 6) is -15.5. The monoisotopic (exact) mass is 648 g/mol. The van der Waals surface area contributed by atoms with Crippen molar-refractivity contribution in [1.29, 1.82) is 0 Å². The molecule has 0 bridgehead atoms. The molecule has 0 saturated heterocycles. The van der Waals surface area contributed by atoms with Gasteiger partial charge in [0.15, 0.2) is 0 Å². The Hall–Kier alpha value is -2.80. The third kappa shape index (κ3) is 4.41. The van der Waals surface area contributed by atoms with E-state index in [1.165, 1.54) is 37.5 Å². The summed E-state index contributed by atoms with van der Waals surface area (Å²) < 4.78 is 96.9. The Kier molecular flexibility index (Phi) is 7.07. The van der Waals surface area contributed by atoms with Crippen LogP contribution < -0.4 is 9.51 Å². The van der Waals surface area contributed by atoms with E-state index in [4.69, 9.17) is 12.6 Å². The SMILES string of the molecule is [B]c1sc(-c2ccc(OC)cc2)cc1C1=C(c2cc(-c3ccc(-c4ccc(C)s4)s3)sc2C)C(F)(F)C(F)(F)C1(F)F. The molecule has 0 unspecified atom stereocenters. The van der Waals surface area contributed by atoms with E-state index in [2.05, 4.69) is 0 Å². The molecule has 1 aliphatic carbocycles. The second kappa shape index (κ2) is 10.1. The highest BCUT2D eigenvalue weighted by Crippen LogP contribution is 2.65. The Morgan fingerprint density at radius 3 is 1.76 bits per heavy atom. The summed E-state index contributed by atoms with van der Waals surface area (Å²) in [5.41, 5.74) is -3.16. The lowest BCUT2D eigenvalue weighted by Crippen LogP contribution is -2.49. The minimum absolute atomic E-state index is 0.219. The van der Waals surface area contributed by atoms with Crippen LogP contribution in [0.4, 0.5) is 26.3 Å². The minimum atomic E-state index is -5.67. The standard InChI is InChI=1S/C30H19BF6OS4/c1-14-4-9-20(39-14)21-10-11-22(41-21)24-12-18(15(2)40-24)25-26(29(34,35)30(36,37)28(25,32)33)19-13-23(42-27(19)31)16-5-7-17(38-3)8-6-16/h4-13H,1-3H3. The second-order valence-corrected chi connectivity index (χ2v) is 14.5. The summed E-state index contributed by atoms with van der Waals surface area (Å²) in [7, 11) is 7.57. The topological polar surface area (TPSA) is 9.23 Å². The van der Waals surface area contributed by atoms with Crippen molar-refractivity contribution in [2.24, 2.45) is 0 Å². The average Bonchev–Trinajstić information content (AvgIpc) is 3.75. The lowest BCUT2D eigenvalue weighted by Gasteiger charge is -2.25. The van der Waals surface area contributed by atoms with E-state index in [9.17, 15) is 8.78 Å². The van der Waals surface area contributed by atoms with Gasteiger partial charge in [0.05, 0.1) is 7.11 Å². The van der Waals surface area contributed by atoms with Crippen molar-refractivity contribution in [1.82, 2.24) is 0 Å². The molecule has 0 fully saturated rings. The molecule has 0 N–H and O–H groups in total. The molecule has 42 heavy (non-hydrogen) atoms. The molecule has 12 heteroatoms. The molecule has 6 rings (SSSR count). The predicted molar refractivity (Wildman–Crippen MR) is 164 cm³/mol. The van der Waals surface area contributed by atoms with Crippen LogP contribution in [0.5, 0.6) is 5.75 Å².